The van der Waals surface area contributed by atoms with Crippen LogP contribution in [0.25, 0.3) is 0 Å². The Morgan fingerprint density at radius 2 is 1.59 bits per heavy atom. The van der Waals surface area contributed by atoms with Crippen LogP contribution in [-0.2, 0) is 11.8 Å². The Morgan fingerprint density at radius 1 is 0.862 bits per heavy atom. The van der Waals surface area contributed by atoms with Gasteiger partial charge in [0.1, 0.15) is 11.5 Å². The van der Waals surface area contributed by atoms with Crippen LogP contribution in [0.2, 0.25) is 0 Å². The van der Waals surface area contributed by atoms with Gasteiger partial charge in [-0.1, -0.05) is 56.3 Å². The maximum Gasteiger partial charge on any atom is 0.165 e. The van der Waals surface area contributed by atoms with Crippen LogP contribution in [0.5, 0.6) is 17.2 Å². The highest BCUT2D eigenvalue weighted by Gasteiger charge is 2.23. The molecule has 0 aromatic heterocycles. The molecule has 3 aromatic carbocycles. The zero-order chi connectivity index (χ0) is 20.7. The molecule has 3 rings (SSSR count). The zero-order valence-corrected chi connectivity index (χ0v) is 17.5. The van der Waals surface area contributed by atoms with Crippen LogP contribution >= 0.6 is 0 Å². The van der Waals surface area contributed by atoms with Crippen molar-refractivity contribution in [2.45, 2.75) is 45.4 Å². The first-order valence-electron chi connectivity index (χ1n) is 10.2. The third kappa shape index (κ3) is 5.60. The Hall–Kier alpha value is -2.81. The summed E-state index contributed by atoms with van der Waals surface area (Å²) in [6.07, 6.45) is 2.86. The Labute approximate surface area is 173 Å². The van der Waals surface area contributed by atoms with Gasteiger partial charge in [-0.25, -0.2) is 4.39 Å². The van der Waals surface area contributed by atoms with Crippen molar-refractivity contribution in [1.82, 2.24) is 0 Å². The number of benzene rings is 3. The number of halogens is 1. The van der Waals surface area contributed by atoms with Crippen molar-refractivity contribution in [3.05, 3.63) is 89.7 Å². The van der Waals surface area contributed by atoms with Crippen LogP contribution in [0.3, 0.4) is 0 Å². The molecule has 0 atom stereocenters. The zero-order valence-electron chi connectivity index (χ0n) is 17.5. The lowest BCUT2D eigenvalue weighted by Gasteiger charge is -2.27. The molecule has 0 saturated carbocycles. The maximum atomic E-state index is 14.2. The number of hydrogen-bond donors (Lipinski definition) is 0. The summed E-state index contributed by atoms with van der Waals surface area (Å²) in [5.41, 5.74) is 2.30. The van der Waals surface area contributed by atoms with Gasteiger partial charge in [0.15, 0.2) is 11.6 Å². The highest BCUT2D eigenvalue weighted by molar-refractivity contribution is 5.39. The first-order valence-corrected chi connectivity index (χ1v) is 10.2. The fourth-order valence-corrected chi connectivity index (χ4v) is 3.57. The van der Waals surface area contributed by atoms with E-state index >= 15 is 0 Å². The molecular formula is C26H29FO2. The molecule has 0 amide bonds. The molecule has 3 aromatic rings. The van der Waals surface area contributed by atoms with Gasteiger partial charge in [-0.3, -0.25) is 0 Å². The van der Waals surface area contributed by atoms with Crippen molar-refractivity contribution in [2.75, 3.05) is 6.61 Å². The summed E-state index contributed by atoms with van der Waals surface area (Å²) >= 11 is 0. The Balaban J connectivity index is 1.65. The molecule has 2 nitrogen and oxygen atoms in total. The van der Waals surface area contributed by atoms with E-state index in [-0.39, 0.29) is 17.0 Å². The Morgan fingerprint density at radius 3 is 2.34 bits per heavy atom. The number of para-hydroxylation sites is 2. The van der Waals surface area contributed by atoms with Gasteiger partial charge in [-0.2, -0.15) is 0 Å². The fraction of sp³-hybridized carbons (Fsp3) is 0.308. The highest BCUT2D eigenvalue weighted by Crippen LogP contribution is 2.36. The predicted octanol–water partition coefficient (Wildman–Crippen LogP) is 7.32. The smallest absolute Gasteiger partial charge is 0.165 e. The van der Waals surface area contributed by atoms with E-state index in [4.69, 9.17) is 9.47 Å². The molecule has 0 aliphatic rings. The van der Waals surface area contributed by atoms with Crippen LogP contribution in [0.15, 0.2) is 72.8 Å². The minimum Gasteiger partial charge on any atom is -0.494 e. The molecule has 0 saturated heterocycles. The van der Waals surface area contributed by atoms with E-state index in [2.05, 4.69) is 26.0 Å². The Bertz CT molecular complexity index is 919. The molecule has 0 unspecified atom stereocenters. The van der Waals surface area contributed by atoms with Crippen molar-refractivity contribution >= 4 is 0 Å². The topological polar surface area (TPSA) is 18.5 Å². The lowest BCUT2D eigenvalue weighted by Crippen LogP contribution is -2.18. The van der Waals surface area contributed by atoms with Gasteiger partial charge in [0.05, 0.1) is 6.61 Å². The van der Waals surface area contributed by atoms with Gasteiger partial charge in [0.25, 0.3) is 0 Å². The highest BCUT2D eigenvalue weighted by atomic mass is 19.1. The number of hydrogen-bond acceptors (Lipinski definition) is 2. The van der Waals surface area contributed by atoms with Gasteiger partial charge in [-0.05, 0) is 73.1 Å². The van der Waals surface area contributed by atoms with E-state index in [1.54, 1.807) is 0 Å². The summed E-state index contributed by atoms with van der Waals surface area (Å²) in [6, 6.07) is 22.7. The fourth-order valence-electron chi connectivity index (χ4n) is 3.57. The van der Waals surface area contributed by atoms with Gasteiger partial charge in [-0.15, -0.1) is 0 Å². The van der Waals surface area contributed by atoms with Crippen molar-refractivity contribution in [2.24, 2.45) is 0 Å². The van der Waals surface area contributed by atoms with Crippen molar-refractivity contribution in [1.29, 1.82) is 0 Å². The number of ether oxygens (including phenoxy) is 2. The lowest BCUT2D eigenvalue weighted by atomic mass is 9.79. The van der Waals surface area contributed by atoms with E-state index in [0.29, 0.717) is 12.4 Å². The van der Waals surface area contributed by atoms with Crippen molar-refractivity contribution < 1.29 is 13.9 Å². The third-order valence-electron chi connectivity index (χ3n) is 5.15. The summed E-state index contributed by atoms with van der Waals surface area (Å²) in [5, 5.41) is 0. The monoisotopic (exact) mass is 392 g/mol. The molecule has 3 heteroatoms. The van der Waals surface area contributed by atoms with E-state index in [1.165, 1.54) is 11.6 Å². The molecule has 152 valence electrons. The van der Waals surface area contributed by atoms with Gasteiger partial charge in [0, 0.05) is 0 Å². The van der Waals surface area contributed by atoms with Gasteiger partial charge >= 0.3 is 0 Å². The van der Waals surface area contributed by atoms with Gasteiger partial charge in [0.2, 0.25) is 0 Å². The average molecular weight is 393 g/mol. The summed E-state index contributed by atoms with van der Waals surface area (Å²) in [7, 11) is 0. The van der Waals surface area contributed by atoms with Crippen LogP contribution < -0.4 is 9.47 Å². The minimum absolute atomic E-state index is 0.00480. The molecular weight excluding hydrogens is 363 g/mol. The molecule has 0 spiro atoms. The second-order valence-corrected chi connectivity index (χ2v) is 7.85. The van der Waals surface area contributed by atoms with Crippen LogP contribution in [0.4, 0.5) is 4.39 Å². The van der Waals surface area contributed by atoms with Crippen molar-refractivity contribution in [3.63, 3.8) is 0 Å². The average Bonchev–Trinajstić information content (AvgIpc) is 2.72. The normalized spacial score (nSPS) is 11.3. The lowest BCUT2D eigenvalue weighted by molar-refractivity contribution is 0.324. The molecule has 0 fully saturated rings. The van der Waals surface area contributed by atoms with Crippen LogP contribution in [0, 0.1) is 5.82 Å². The first-order chi connectivity index (χ1) is 14.0. The van der Waals surface area contributed by atoms with Crippen LogP contribution in [-0.4, -0.2) is 6.61 Å². The molecule has 0 aliphatic carbocycles. The molecule has 0 N–H and O–H groups in total. The molecule has 0 radical (unpaired) electrons. The summed E-state index contributed by atoms with van der Waals surface area (Å²) in [6.45, 7) is 7.17. The van der Waals surface area contributed by atoms with E-state index in [9.17, 15) is 4.39 Å². The van der Waals surface area contributed by atoms with E-state index in [0.717, 1.165) is 30.6 Å². The molecule has 29 heavy (non-hydrogen) atoms. The second kappa shape index (κ2) is 9.60. The first kappa shape index (κ1) is 20.9. The Kier molecular flexibility index (Phi) is 6.92. The summed E-state index contributed by atoms with van der Waals surface area (Å²) in [5.74, 6) is 1.52. The summed E-state index contributed by atoms with van der Waals surface area (Å²) in [4.78, 5) is 0. The number of rotatable bonds is 9. The predicted molar refractivity (Wildman–Crippen MR) is 116 cm³/mol. The molecule has 0 bridgehead atoms. The molecule has 0 heterocycles. The standard InChI is InChI=1S/C26H29FO2/c1-4-28-24-15-9-8-14-22(24)26(2,3)18-10-11-20-16-17-23(27)25(19-20)29-21-12-6-5-7-13-21/h5-9,12-17,19H,4,10-11,18H2,1-3H3. The summed E-state index contributed by atoms with van der Waals surface area (Å²) < 4.78 is 25.7. The largest absolute Gasteiger partial charge is 0.494 e. The second-order valence-electron chi connectivity index (χ2n) is 7.85. The van der Waals surface area contributed by atoms with Gasteiger partial charge < -0.3 is 9.47 Å². The van der Waals surface area contributed by atoms with Crippen LogP contribution in [0.1, 0.15) is 44.7 Å². The van der Waals surface area contributed by atoms with Crippen molar-refractivity contribution in [3.8, 4) is 17.2 Å². The molecule has 0 aliphatic heterocycles. The van der Waals surface area contributed by atoms with E-state index < -0.39 is 0 Å². The maximum absolute atomic E-state index is 14.2. The number of aryl methyl sites for hydroxylation is 1. The minimum atomic E-state index is -0.344. The van der Waals surface area contributed by atoms with E-state index in [1.807, 2.05) is 61.5 Å². The SMILES string of the molecule is CCOc1ccccc1C(C)(C)CCCc1ccc(F)c(Oc2ccccc2)c1. The quantitative estimate of drug-likeness (QED) is 0.380. The third-order valence-corrected chi connectivity index (χ3v) is 5.15.